The molecule has 5 nitrogen and oxygen atoms in total. The Bertz CT molecular complexity index is 472. The Morgan fingerprint density at radius 1 is 1.45 bits per heavy atom. The third kappa shape index (κ3) is 4.28. The Hall–Kier alpha value is -2.01. The van der Waals surface area contributed by atoms with Crippen molar-refractivity contribution in [1.29, 1.82) is 0 Å². The molecule has 0 aliphatic rings. The fourth-order valence-electron chi connectivity index (χ4n) is 1.63. The number of ether oxygens (including phenoxy) is 2. The van der Waals surface area contributed by atoms with Gasteiger partial charge < -0.3 is 20.5 Å². The quantitative estimate of drug-likeness (QED) is 0.746. The van der Waals surface area contributed by atoms with E-state index in [9.17, 15) is 4.79 Å². The number of carbonyl (C=O) groups is 1. The van der Waals surface area contributed by atoms with Crippen molar-refractivity contribution in [2.75, 3.05) is 13.7 Å². The van der Waals surface area contributed by atoms with Crippen LogP contribution in [-0.2, 0) is 4.79 Å². The van der Waals surface area contributed by atoms with E-state index in [0.717, 1.165) is 5.56 Å². The molecule has 0 heterocycles. The molecular weight excluding hydrogens is 256 g/mol. The molecule has 0 saturated carbocycles. The number of amides is 1. The van der Waals surface area contributed by atoms with Crippen LogP contribution in [0, 0.1) is 0 Å². The predicted octanol–water partition coefficient (Wildman–Crippen LogP) is 1.78. The van der Waals surface area contributed by atoms with Crippen LogP contribution < -0.4 is 20.5 Å². The molecular formula is C15H22N2O3. The largest absolute Gasteiger partial charge is 0.493 e. The summed E-state index contributed by atoms with van der Waals surface area (Å²) in [7, 11) is 1.55. The van der Waals surface area contributed by atoms with Crippen molar-refractivity contribution in [2.45, 2.75) is 26.0 Å². The summed E-state index contributed by atoms with van der Waals surface area (Å²) in [6, 6.07) is 5.34. The number of carbonyl (C=O) groups excluding carboxylic acids is 1. The van der Waals surface area contributed by atoms with Gasteiger partial charge in [-0.05, 0) is 31.5 Å². The number of nitrogens with two attached hydrogens (primary N) is 1. The Balaban J connectivity index is 2.81. The lowest BCUT2D eigenvalue weighted by Crippen LogP contribution is -2.36. The SMILES string of the molecule is C=CCNC(=O)C(C)Oc1ccc(C(C)N)cc1OC. The zero-order valence-corrected chi connectivity index (χ0v) is 12.2. The van der Waals surface area contributed by atoms with Gasteiger partial charge in [0.25, 0.3) is 5.91 Å². The number of hydrogen-bond donors (Lipinski definition) is 2. The second-order valence-electron chi connectivity index (χ2n) is 4.49. The van der Waals surface area contributed by atoms with Crippen LogP contribution in [0.1, 0.15) is 25.5 Å². The summed E-state index contributed by atoms with van der Waals surface area (Å²) in [6.07, 6.45) is 0.993. The third-order valence-corrected chi connectivity index (χ3v) is 2.81. The number of benzene rings is 1. The molecule has 1 rings (SSSR count). The van der Waals surface area contributed by atoms with Crippen molar-refractivity contribution in [3.8, 4) is 11.5 Å². The highest BCUT2D eigenvalue weighted by atomic mass is 16.5. The Morgan fingerprint density at radius 2 is 2.15 bits per heavy atom. The molecule has 110 valence electrons. The molecule has 0 fully saturated rings. The maximum absolute atomic E-state index is 11.7. The van der Waals surface area contributed by atoms with Crippen molar-refractivity contribution in [1.82, 2.24) is 5.32 Å². The van der Waals surface area contributed by atoms with Gasteiger partial charge in [-0.3, -0.25) is 4.79 Å². The standard InChI is InChI=1S/C15H22N2O3/c1-5-8-17-15(18)11(3)20-13-7-6-12(10(2)16)9-14(13)19-4/h5-7,9-11H,1,8,16H2,2-4H3,(H,17,18). The first kappa shape index (κ1) is 16.0. The number of rotatable bonds is 7. The van der Waals surface area contributed by atoms with Crippen LogP contribution in [0.25, 0.3) is 0 Å². The van der Waals surface area contributed by atoms with Crippen LogP contribution in [0.15, 0.2) is 30.9 Å². The molecule has 0 aliphatic heterocycles. The zero-order valence-electron chi connectivity index (χ0n) is 12.2. The number of nitrogens with one attached hydrogen (secondary N) is 1. The lowest BCUT2D eigenvalue weighted by Gasteiger charge is -2.17. The van der Waals surface area contributed by atoms with Crippen LogP contribution in [0.5, 0.6) is 11.5 Å². The van der Waals surface area contributed by atoms with Crippen molar-refractivity contribution in [2.24, 2.45) is 5.73 Å². The molecule has 0 saturated heterocycles. The molecule has 0 radical (unpaired) electrons. The summed E-state index contributed by atoms with van der Waals surface area (Å²) >= 11 is 0. The average Bonchev–Trinajstić information content (AvgIpc) is 2.44. The van der Waals surface area contributed by atoms with Gasteiger partial charge in [0.15, 0.2) is 17.6 Å². The smallest absolute Gasteiger partial charge is 0.261 e. The number of hydrogen-bond acceptors (Lipinski definition) is 4. The van der Waals surface area contributed by atoms with Gasteiger partial charge in [-0.1, -0.05) is 12.1 Å². The maximum Gasteiger partial charge on any atom is 0.261 e. The Kier molecular flexibility index (Phi) is 6.06. The molecule has 1 amide bonds. The van der Waals surface area contributed by atoms with E-state index in [4.69, 9.17) is 15.2 Å². The van der Waals surface area contributed by atoms with Gasteiger partial charge in [0.05, 0.1) is 7.11 Å². The van der Waals surface area contributed by atoms with Crippen LogP contribution >= 0.6 is 0 Å². The lowest BCUT2D eigenvalue weighted by molar-refractivity contribution is -0.127. The highest BCUT2D eigenvalue weighted by molar-refractivity contribution is 5.80. The molecule has 0 bridgehead atoms. The summed E-state index contributed by atoms with van der Waals surface area (Å²) in [5.41, 5.74) is 6.76. The van der Waals surface area contributed by atoms with E-state index >= 15 is 0 Å². The molecule has 1 aromatic rings. The van der Waals surface area contributed by atoms with Gasteiger partial charge in [-0.15, -0.1) is 6.58 Å². The Morgan fingerprint density at radius 3 is 2.70 bits per heavy atom. The van der Waals surface area contributed by atoms with Crippen LogP contribution in [0.3, 0.4) is 0 Å². The molecule has 2 atom stereocenters. The van der Waals surface area contributed by atoms with E-state index in [1.54, 1.807) is 26.2 Å². The fourth-order valence-corrected chi connectivity index (χ4v) is 1.63. The third-order valence-electron chi connectivity index (χ3n) is 2.81. The van der Waals surface area contributed by atoms with Crippen molar-refractivity contribution in [3.05, 3.63) is 36.4 Å². The molecule has 0 spiro atoms. The molecule has 1 aromatic carbocycles. The Labute approximate surface area is 119 Å². The van der Waals surface area contributed by atoms with Gasteiger partial charge in [0.1, 0.15) is 0 Å². The van der Waals surface area contributed by atoms with Gasteiger partial charge in [-0.2, -0.15) is 0 Å². The van der Waals surface area contributed by atoms with E-state index in [0.29, 0.717) is 18.0 Å². The van der Waals surface area contributed by atoms with E-state index in [-0.39, 0.29) is 11.9 Å². The molecule has 2 unspecified atom stereocenters. The topological polar surface area (TPSA) is 73.6 Å². The highest BCUT2D eigenvalue weighted by Gasteiger charge is 2.16. The van der Waals surface area contributed by atoms with E-state index < -0.39 is 6.10 Å². The van der Waals surface area contributed by atoms with Gasteiger partial charge in [-0.25, -0.2) is 0 Å². The molecule has 5 heteroatoms. The second kappa shape index (κ2) is 7.55. The fraction of sp³-hybridized carbons (Fsp3) is 0.400. The van der Waals surface area contributed by atoms with E-state index in [2.05, 4.69) is 11.9 Å². The second-order valence-corrected chi connectivity index (χ2v) is 4.49. The van der Waals surface area contributed by atoms with Crippen molar-refractivity contribution in [3.63, 3.8) is 0 Å². The summed E-state index contributed by atoms with van der Waals surface area (Å²) in [5.74, 6) is 0.865. The van der Waals surface area contributed by atoms with Crippen molar-refractivity contribution < 1.29 is 14.3 Å². The predicted molar refractivity (Wildman–Crippen MR) is 78.9 cm³/mol. The zero-order chi connectivity index (χ0) is 15.1. The molecule has 0 aliphatic carbocycles. The first-order valence-electron chi connectivity index (χ1n) is 6.48. The molecule has 20 heavy (non-hydrogen) atoms. The molecule has 3 N–H and O–H groups in total. The van der Waals surface area contributed by atoms with E-state index in [1.807, 2.05) is 19.1 Å². The van der Waals surface area contributed by atoms with E-state index in [1.165, 1.54) is 0 Å². The van der Waals surface area contributed by atoms with Gasteiger partial charge in [0, 0.05) is 12.6 Å². The molecule has 0 aromatic heterocycles. The lowest BCUT2D eigenvalue weighted by atomic mass is 10.1. The maximum atomic E-state index is 11.7. The summed E-state index contributed by atoms with van der Waals surface area (Å²) in [5, 5.41) is 2.68. The number of methoxy groups -OCH3 is 1. The summed E-state index contributed by atoms with van der Waals surface area (Å²) < 4.78 is 10.9. The van der Waals surface area contributed by atoms with Crippen LogP contribution in [-0.4, -0.2) is 25.7 Å². The van der Waals surface area contributed by atoms with Crippen LogP contribution in [0.2, 0.25) is 0 Å². The highest BCUT2D eigenvalue weighted by Crippen LogP contribution is 2.30. The minimum atomic E-state index is -0.620. The van der Waals surface area contributed by atoms with Gasteiger partial charge in [0.2, 0.25) is 0 Å². The summed E-state index contributed by atoms with van der Waals surface area (Å²) in [6.45, 7) is 7.52. The van der Waals surface area contributed by atoms with Crippen molar-refractivity contribution >= 4 is 5.91 Å². The van der Waals surface area contributed by atoms with Gasteiger partial charge >= 0.3 is 0 Å². The summed E-state index contributed by atoms with van der Waals surface area (Å²) in [4.78, 5) is 11.7. The monoisotopic (exact) mass is 278 g/mol. The minimum absolute atomic E-state index is 0.0914. The average molecular weight is 278 g/mol. The van der Waals surface area contributed by atoms with Crippen LogP contribution in [0.4, 0.5) is 0 Å². The first-order chi connectivity index (χ1) is 9.49. The first-order valence-corrected chi connectivity index (χ1v) is 6.48. The minimum Gasteiger partial charge on any atom is -0.493 e. The normalized spacial score (nSPS) is 13.2.